The standard InChI is InChI=1S/C16H25BrN2/c1-12-10-19(11-13(12)2)9-8-16(18-3)14-4-6-15(17)7-5-14/h4-7,12-13,16,18H,8-11H2,1-3H3. The van der Waals surface area contributed by atoms with E-state index in [0.717, 1.165) is 16.3 Å². The van der Waals surface area contributed by atoms with Crippen molar-refractivity contribution < 1.29 is 0 Å². The summed E-state index contributed by atoms with van der Waals surface area (Å²) in [5.41, 5.74) is 1.38. The Bertz CT molecular complexity index is 380. The van der Waals surface area contributed by atoms with E-state index in [1.54, 1.807) is 0 Å². The molecular formula is C16H25BrN2. The fraction of sp³-hybridized carbons (Fsp3) is 0.625. The van der Waals surface area contributed by atoms with Crippen molar-refractivity contribution in [3.63, 3.8) is 0 Å². The lowest BCUT2D eigenvalue weighted by molar-refractivity contribution is 0.301. The molecule has 1 aromatic carbocycles. The summed E-state index contributed by atoms with van der Waals surface area (Å²) in [4.78, 5) is 2.61. The largest absolute Gasteiger partial charge is 0.313 e. The van der Waals surface area contributed by atoms with Crippen LogP contribution in [0.15, 0.2) is 28.7 Å². The van der Waals surface area contributed by atoms with Crippen LogP contribution in [0.25, 0.3) is 0 Å². The number of nitrogens with zero attached hydrogens (tertiary/aromatic N) is 1. The molecule has 1 heterocycles. The van der Waals surface area contributed by atoms with Crippen LogP contribution in [0.3, 0.4) is 0 Å². The van der Waals surface area contributed by atoms with Crippen molar-refractivity contribution in [2.75, 3.05) is 26.7 Å². The Balaban J connectivity index is 1.88. The molecule has 0 spiro atoms. The minimum absolute atomic E-state index is 0.458. The van der Waals surface area contributed by atoms with Crippen LogP contribution in [0.5, 0.6) is 0 Å². The van der Waals surface area contributed by atoms with Gasteiger partial charge < -0.3 is 10.2 Å². The summed E-state index contributed by atoms with van der Waals surface area (Å²) in [5.74, 6) is 1.70. The topological polar surface area (TPSA) is 15.3 Å². The third kappa shape index (κ3) is 4.04. The molecule has 106 valence electrons. The lowest BCUT2D eigenvalue weighted by atomic mass is 10.0. The number of rotatable bonds is 5. The van der Waals surface area contributed by atoms with E-state index in [9.17, 15) is 0 Å². The average Bonchev–Trinajstić information content (AvgIpc) is 2.71. The maximum atomic E-state index is 3.49. The van der Waals surface area contributed by atoms with Crippen molar-refractivity contribution >= 4 is 15.9 Å². The van der Waals surface area contributed by atoms with Crippen LogP contribution in [-0.4, -0.2) is 31.6 Å². The second-order valence-electron chi connectivity index (χ2n) is 5.90. The molecule has 1 saturated heterocycles. The lowest BCUT2D eigenvalue weighted by Crippen LogP contribution is -2.27. The van der Waals surface area contributed by atoms with Gasteiger partial charge >= 0.3 is 0 Å². The number of hydrogen-bond acceptors (Lipinski definition) is 2. The van der Waals surface area contributed by atoms with E-state index < -0.39 is 0 Å². The van der Waals surface area contributed by atoms with Gasteiger partial charge in [0, 0.05) is 23.6 Å². The summed E-state index contributed by atoms with van der Waals surface area (Å²) in [5, 5.41) is 3.44. The van der Waals surface area contributed by atoms with Crippen LogP contribution in [0.2, 0.25) is 0 Å². The second kappa shape index (κ2) is 6.87. The zero-order valence-corrected chi connectivity index (χ0v) is 13.8. The molecule has 2 nitrogen and oxygen atoms in total. The van der Waals surface area contributed by atoms with Crippen molar-refractivity contribution in [3.05, 3.63) is 34.3 Å². The molecule has 1 aliphatic rings. The molecule has 2 rings (SSSR count). The molecule has 0 saturated carbocycles. The van der Waals surface area contributed by atoms with Crippen LogP contribution in [0, 0.1) is 11.8 Å². The quantitative estimate of drug-likeness (QED) is 0.888. The molecule has 3 unspecified atom stereocenters. The SMILES string of the molecule is CNC(CCN1CC(C)C(C)C1)c1ccc(Br)cc1. The number of nitrogens with one attached hydrogen (secondary N) is 1. The third-order valence-electron chi connectivity index (χ3n) is 4.42. The van der Waals surface area contributed by atoms with E-state index in [2.05, 4.69) is 71.3 Å². The van der Waals surface area contributed by atoms with E-state index >= 15 is 0 Å². The van der Waals surface area contributed by atoms with Gasteiger partial charge in [-0.25, -0.2) is 0 Å². The molecule has 1 aromatic rings. The van der Waals surface area contributed by atoms with Gasteiger partial charge in [-0.1, -0.05) is 41.9 Å². The van der Waals surface area contributed by atoms with E-state index in [4.69, 9.17) is 0 Å². The average molecular weight is 325 g/mol. The third-order valence-corrected chi connectivity index (χ3v) is 4.95. The van der Waals surface area contributed by atoms with Crippen LogP contribution >= 0.6 is 15.9 Å². The predicted octanol–water partition coefficient (Wildman–Crippen LogP) is 3.69. The molecule has 0 amide bonds. The molecule has 19 heavy (non-hydrogen) atoms. The van der Waals surface area contributed by atoms with Gasteiger partial charge in [0.2, 0.25) is 0 Å². The molecule has 0 bridgehead atoms. The Morgan fingerprint density at radius 3 is 2.32 bits per heavy atom. The number of halogens is 1. The molecule has 1 aliphatic heterocycles. The summed E-state index contributed by atoms with van der Waals surface area (Å²) in [6.07, 6.45) is 1.18. The van der Waals surface area contributed by atoms with Gasteiger partial charge in [0.15, 0.2) is 0 Å². The second-order valence-corrected chi connectivity index (χ2v) is 6.81. The van der Waals surface area contributed by atoms with Crippen molar-refractivity contribution in [2.45, 2.75) is 26.3 Å². The zero-order chi connectivity index (χ0) is 13.8. The Morgan fingerprint density at radius 2 is 1.79 bits per heavy atom. The van der Waals surface area contributed by atoms with Gasteiger partial charge in [0.1, 0.15) is 0 Å². The fourth-order valence-electron chi connectivity index (χ4n) is 2.92. The molecule has 1 fully saturated rings. The smallest absolute Gasteiger partial charge is 0.0329 e. The monoisotopic (exact) mass is 324 g/mol. The van der Waals surface area contributed by atoms with Gasteiger partial charge in [-0.2, -0.15) is 0 Å². The normalized spacial score (nSPS) is 25.7. The van der Waals surface area contributed by atoms with Crippen LogP contribution in [0.1, 0.15) is 31.9 Å². The van der Waals surface area contributed by atoms with Crippen LogP contribution < -0.4 is 5.32 Å². The van der Waals surface area contributed by atoms with Gasteiger partial charge in [-0.15, -0.1) is 0 Å². The van der Waals surface area contributed by atoms with Gasteiger partial charge in [0.25, 0.3) is 0 Å². The Labute approximate surface area is 125 Å². The minimum atomic E-state index is 0.458. The number of likely N-dealkylation sites (tertiary alicyclic amines) is 1. The number of hydrogen-bond donors (Lipinski definition) is 1. The van der Waals surface area contributed by atoms with Crippen molar-refractivity contribution in [3.8, 4) is 0 Å². The van der Waals surface area contributed by atoms with E-state index in [0.29, 0.717) is 6.04 Å². The Kier molecular flexibility index (Phi) is 5.43. The first kappa shape index (κ1) is 15.0. The Hall–Kier alpha value is -0.380. The van der Waals surface area contributed by atoms with Crippen LogP contribution in [-0.2, 0) is 0 Å². The highest BCUT2D eigenvalue weighted by Gasteiger charge is 2.26. The summed E-state index contributed by atoms with van der Waals surface area (Å²) < 4.78 is 1.15. The first-order valence-corrected chi connectivity index (χ1v) is 8.04. The highest BCUT2D eigenvalue weighted by Crippen LogP contribution is 2.24. The summed E-state index contributed by atoms with van der Waals surface area (Å²) in [6, 6.07) is 9.12. The molecule has 0 aromatic heterocycles. The lowest BCUT2D eigenvalue weighted by Gasteiger charge is -2.21. The first-order valence-electron chi connectivity index (χ1n) is 7.25. The van der Waals surface area contributed by atoms with E-state index in [1.165, 1.54) is 31.6 Å². The van der Waals surface area contributed by atoms with Gasteiger partial charge in [0.05, 0.1) is 0 Å². The molecule has 0 aliphatic carbocycles. The van der Waals surface area contributed by atoms with Crippen molar-refractivity contribution in [1.82, 2.24) is 10.2 Å². The first-order chi connectivity index (χ1) is 9.10. The Morgan fingerprint density at radius 1 is 1.21 bits per heavy atom. The maximum absolute atomic E-state index is 3.49. The molecular weight excluding hydrogens is 300 g/mol. The summed E-state index contributed by atoms with van der Waals surface area (Å²) in [6.45, 7) is 8.45. The zero-order valence-electron chi connectivity index (χ0n) is 12.2. The maximum Gasteiger partial charge on any atom is 0.0329 e. The number of benzene rings is 1. The summed E-state index contributed by atoms with van der Waals surface area (Å²) in [7, 11) is 2.06. The van der Waals surface area contributed by atoms with E-state index in [-0.39, 0.29) is 0 Å². The highest BCUT2D eigenvalue weighted by molar-refractivity contribution is 9.10. The minimum Gasteiger partial charge on any atom is -0.313 e. The van der Waals surface area contributed by atoms with Gasteiger partial charge in [-0.05, 0) is 49.5 Å². The molecule has 3 heteroatoms. The van der Waals surface area contributed by atoms with Gasteiger partial charge in [-0.3, -0.25) is 0 Å². The highest BCUT2D eigenvalue weighted by atomic mass is 79.9. The summed E-state index contributed by atoms with van der Waals surface area (Å²) >= 11 is 3.49. The predicted molar refractivity (Wildman–Crippen MR) is 85.3 cm³/mol. The van der Waals surface area contributed by atoms with Crippen molar-refractivity contribution in [1.29, 1.82) is 0 Å². The van der Waals surface area contributed by atoms with E-state index in [1.807, 2.05) is 0 Å². The molecule has 1 N–H and O–H groups in total. The van der Waals surface area contributed by atoms with Crippen molar-refractivity contribution in [2.24, 2.45) is 11.8 Å². The van der Waals surface area contributed by atoms with Crippen LogP contribution in [0.4, 0.5) is 0 Å². The molecule has 3 atom stereocenters. The molecule has 0 radical (unpaired) electrons. The fourth-order valence-corrected chi connectivity index (χ4v) is 3.18.